The zero-order valence-corrected chi connectivity index (χ0v) is 16.5. The number of hydrogen-bond acceptors (Lipinski definition) is 5. The lowest BCUT2D eigenvalue weighted by Crippen LogP contribution is -2.41. The van der Waals surface area contributed by atoms with Crippen molar-refractivity contribution in [2.75, 3.05) is 13.1 Å². The molecular formula is C23H19FN2O5. The van der Waals surface area contributed by atoms with Crippen molar-refractivity contribution in [2.45, 2.75) is 12.8 Å². The zero-order valence-electron chi connectivity index (χ0n) is 16.5. The molecule has 3 aromatic carbocycles. The summed E-state index contributed by atoms with van der Waals surface area (Å²) >= 11 is 0. The number of nitrogens with zero attached hydrogens (tertiary/aromatic N) is 2. The third-order valence-corrected chi connectivity index (χ3v) is 5.46. The van der Waals surface area contributed by atoms with E-state index in [2.05, 4.69) is 0 Å². The predicted octanol–water partition coefficient (Wildman–Crippen LogP) is 4.34. The van der Waals surface area contributed by atoms with E-state index < -0.39 is 34.1 Å². The highest BCUT2D eigenvalue weighted by molar-refractivity contribution is 6.07. The molecular weight excluding hydrogens is 403 g/mol. The van der Waals surface area contributed by atoms with Gasteiger partial charge in [-0.1, -0.05) is 36.4 Å². The summed E-state index contributed by atoms with van der Waals surface area (Å²) in [6, 6.07) is 15.9. The summed E-state index contributed by atoms with van der Waals surface area (Å²) in [6.07, 6.45) is 0.719. The third-order valence-electron chi connectivity index (χ3n) is 5.46. The molecule has 0 unspecified atom stereocenters. The van der Waals surface area contributed by atoms with Gasteiger partial charge in [0.15, 0.2) is 0 Å². The Labute approximate surface area is 177 Å². The molecule has 1 aliphatic rings. The number of likely N-dealkylation sites (tertiary alicyclic amines) is 1. The number of amides is 1. The van der Waals surface area contributed by atoms with Crippen molar-refractivity contribution in [3.63, 3.8) is 0 Å². The van der Waals surface area contributed by atoms with Gasteiger partial charge in [-0.25, -0.2) is 4.39 Å². The number of carbonyl (C=O) groups is 2. The predicted molar refractivity (Wildman–Crippen MR) is 111 cm³/mol. The summed E-state index contributed by atoms with van der Waals surface area (Å²) in [4.78, 5) is 37.6. The second-order valence-electron chi connectivity index (χ2n) is 7.38. The largest absolute Gasteiger partial charge is 0.419 e. The van der Waals surface area contributed by atoms with Crippen LogP contribution in [0.2, 0.25) is 0 Å². The Kier molecular flexibility index (Phi) is 5.62. The molecule has 1 amide bonds. The molecule has 0 saturated carbocycles. The van der Waals surface area contributed by atoms with Crippen LogP contribution in [0.15, 0.2) is 60.7 Å². The molecule has 8 heteroatoms. The number of halogens is 1. The molecule has 0 spiro atoms. The molecule has 3 aromatic rings. The van der Waals surface area contributed by atoms with Crippen molar-refractivity contribution < 1.29 is 23.6 Å². The number of rotatable bonds is 4. The van der Waals surface area contributed by atoms with E-state index in [-0.39, 0.29) is 5.91 Å². The van der Waals surface area contributed by atoms with E-state index >= 15 is 0 Å². The third kappa shape index (κ3) is 4.23. The summed E-state index contributed by atoms with van der Waals surface area (Å²) in [7, 11) is 0. The Morgan fingerprint density at radius 3 is 2.48 bits per heavy atom. The van der Waals surface area contributed by atoms with E-state index in [0.29, 0.717) is 31.5 Å². The number of nitro benzene ring substituents is 1. The van der Waals surface area contributed by atoms with Crippen LogP contribution in [0.1, 0.15) is 23.2 Å². The van der Waals surface area contributed by atoms with Crippen molar-refractivity contribution >= 4 is 28.3 Å². The number of esters is 1. The molecule has 0 atom stereocenters. The summed E-state index contributed by atoms with van der Waals surface area (Å²) < 4.78 is 18.6. The Morgan fingerprint density at radius 1 is 1.03 bits per heavy atom. The van der Waals surface area contributed by atoms with Gasteiger partial charge in [-0.3, -0.25) is 19.7 Å². The van der Waals surface area contributed by atoms with Gasteiger partial charge in [0.25, 0.3) is 5.91 Å². The first-order valence-corrected chi connectivity index (χ1v) is 9.86. The van der Waals surface area contributed by atoms with Crippen LogP contribution in [0.3, 0.4) is 0 Å². The number of ether oxygens (including phenoxy) is 1. The summed E-state index contributed by atoms with van der Waals surface area (Å²) in [5.41, 5.74) is 0.132. The molecule has 1 heterocycles. The first-order chi connectivity index (χ1) is 14.9. The molecule has 1 aliphatic heterocycles. The van der Waals surface area contributed by atoms with Gasteiger partial charge in [-0.2, -0.15) is 0 Å². The smallest absolute Gasteiger partial charge is 0.314 e. The van der Waals surface area contributed by atoms with Crippen LogP contribution in [0.5, 0.6) is 5.75 Å². The summed E-state index contributed by atoms with van der Waals surface area (Å²) in [6.45, 7) is 0.708. The normalized spacial score (nSPS) is 14.4. The van der Waals surface area contributed by atoms with Gasteiger partial charge in [0.05, 0.1) is 10.8 Å². The lowest BCUT2D eigenvalue weighted by atomic mass is 9.95. The molecule has 0 aromatic heterocycles. The Morgan fingerprint density at radius 2 is 1.74 bits per heavy atom. The Hall–Kier alpha value is -3.81. The number of nitro groups is 1. The maximum absolute atomic E-state index is 13.5. The minimum absolute atomic E-state index is 0.107. The van der Waals surface area contributed by atoms with Crippen LogP contribution in [-0.4, -0.2) is 34.8 Å². The van der Waals surface area contributed by atoms with Gasteiger partial charge in [0.2, 0.25) is 5.75 Å². The Bertz CT molecular complexity index is 1170. The van der Waals surface area contributed by atoms with Crippen molar-refractivity contribution in [1.29, 1.82) is 0 Å². The quantitative estimate of drug-likeness (QED) is 0.270. The highest BCUT2D eigenvalue weighted by atomic mass is 19.1. The van der Waals surface area contributed by atoms with Gasteiger partial charge in [0, 0.05) is 30.8 Å². The van der Waals surface area contributed by atoms with E-state index in [4.69, 9.17) is 4.74 Å². The lowest BCUT2D eigenvalue weighted by molar-refractivity contribution is -0.385. The highest BCUT2D eigenvalue weighted by Gasteiger charge is 2.31. The molecule has 1 fully saturated rings. The van der Waals surface area contributed by atoms with E-state index in [9.17, 15) is 24.1 Å². The second-order valence-corrected chi connectivity index (χ2v) is 7.38. The average Bonchev–Trinajstić information content (AvgIpc) is 2.78. The maximum Gasteiger partial charge on any atom is 0.314 e. The van der Waals surface area contributed by atoms with Crippen molar-refractivity contribution in [3.05, 3.63) is 82.2 Å². The first kappa shape index (κ1) is 20.5. The maximum atomic E-state index is 13.5. The number of benzene rings is 3. The van der Waals surface area contributed by atoms with E-state index in [1.54, 1.807) is 11.0 Å². The fraction of sp³-hybridized carbons (Fsp3) is 0.217. The molecule has 1 saturated heterocycles. The lowest BCUT2D eigenvalue weighted by Gasteiger charge is -2.31. The molecule has 158 valence electrons. The van der Waals surface area contributed by atoms with Gasteiger partial charge in [-0.05, 0) is 35.7 Å². The van der Waals surface area contributed by atoms with Crippen LogP contribution in [0.4, 0.5) is 10.1 Å². The highest BCUT2D eigenvalue weighted by Crippen LogP contribution is 2.30. The molecule has 4 rings (SSSR count). The van der Waals surface area contributed by atoms with Gasteiger partial charge in [0.1, 0.15) is 5.82 Å². The van der Waals surface area contributed by atoms with Gasteiger partial charge in [-0.15, -0.1) is 0 Å². The van der Waals surface area contributed by atoms with Crippen LogP contribution >= 0.6 is 0 Å². The van der Waals surface area contributed by atoms with E-state index in [1.807, 2.05) is 36.4 Å². The Balaban J connectivity index is 1.43. The molecule has 0 N–H and O–H groups in total. The SMILES string of the molecule is O=C(Oc1cc(F)ccc1[N+](=O)[O-])C1CCN(C(=O)c2cccc3ccccc23)CC1. The molecule has 0 bridgehead atoms. The first-order valence-electron chi connectivity index (χ1n) is 9.86. The number of piperidine rings is 1. The van der Waals surface area contributed by atoms with E-state index in [0.717, 1.165) is 29.0 Å². The minimum Gasteiger partial charge on any atom is -0.419 e. The minimum atomic E-state index is -0.732. The zero-order chi connectivity index (χ0) is 22.0. The standard InChI is InChI=1S/C23H19FN2O5/c24-17-8-9-20(26(29)30)21(14-17)31-23(28)16-10-12-25(13-11-16)22(27)19-7-3-5-15-4-1-2-6-18(15)19/h1-9,14,16H,10-13H2. The summed E-state index contributed by atoms with van der Waals surface area (Å²) in [5.74, 6) is -2.44. The monoisotopic (exact) mass is 422 g/mol. The van der Waals surface area contributed by atoms with Crippen LogP contribution < -0.4 is 4.74 Å². The fourth-order valence-electron chi connectivity index (χ4n) is 3.81. The van der Waals surface area contributed by atoms with Crippen molar-refractivity contribution in [3.8, 4) is 5.75 Å². The number of carbonyl (C=O) groups excluding carboxylic acids is 2. The van der Waals surface area contributed by atoms with Gasteiger partial charge < -0.3 is 9.64 Å². The van der Waals surface area contributed by atoms with Gasteiger partial charge >= 0.3 is 11.7 Å². The molecule has 0 aliphatic carbocycles. The molecule has 7 nitrogen and oxygen atoms in total. The topological polar surface area (TPSA) is 89.8 Å². The second kappa shape index (κ2) is 8.51. The fourth-order valence-corrected chi connectivity index (χ4v) is 3.81. The average molecular weight is 422 g/mol. The van der Waals surface area contributed by atoms with Crippen LogP contribution in [-0.2, 0) is 4.79 Å². The van der Waals surface area contributed by atoms with Crippen LogP contribution in [0.25, 0.3) is 10.8 Å². The molecule has 0 radical (unpaired) electrons. The van der Waals surface area contributed by atoms with Crippen molar-refractivity contribution in [2.24, 2.45) is 5.92 Å². The summed E-state index contributed by atoms with van der Waals surface area (Å²) in [5, 5.41) is 12.9. The van der Waals surface area contributed by atoms with E-state index in [1.165, 1.54) is 0 Å². The van der Waals surface area contributed by atoms with Crippen LogP contribution in [0, 0.1) is 21.8 Å². The van der Waals surface area contributed by atoms with Crippen molar-refractivity contribution in [1.82, 2.24) is 4.90 Å². The number of fused-ring (bicyclic) bond motifs is 1. The number of hydrogen-bond donors (Lipinski definition) is 0. The molecule has 31 heavy (non-hydrogen) atoms.